The molecule has 0 amide bonds. The van der Waals surface area contributed by atoms with Crippen LogP contribution in [0.4, 0.5) is 8.78 Å². The number of benzene rings is 2. The van der Waals surface area contributed by atoms with E-state index in [9.17, 15) is 29.2 Å². The zero-order valence-corrected chi connectivity index (χ0v) is 17.3. The van der Waals surface area contributed by atoms with Crippen LogP contribution in [-0.2, 0) is 22.3 Å². The Morgan fingerprint density at radius 1 is 0.968 bits per heavy atom. The molecular weight excluding hydrogens is 434 g/mol. The van der Waals surface area contributed by atoms with Gasteiger partial charge in [0.05, 0.1) is 13.2 Å². The molecule has 170 valence electrons. The van der Waals surface area contributed by atoms with Crippen LogP contribution >= 0.6 is 11.6 Å². The minimum Gasteiger partial charge on any atom is -0.394 e. The first-order valence-electron chi connectivity index (χ1n) is 9.86. The quantitative estimate of drug-likeness (QED) is 0.484. The van der Waals surface area contributed by atoms with Crippen LogP contribution in [0.25, 0.3) is 0 Å². The van der Waals surface area contributed by atoms with Gasteiger partial charge in [0.15, 0.2) is 0 Å². The maximum atomic E-state index is 12.1. The molecule has 3 rings (SSSR count). The van der Waals surface area contributed by atoms with Gasteiger partial charge in [-0.3, -0.25) is 0 Å². The Labute approximate surface area is 183 Å². The van der Waals surface area contributed by atoms with Crippen LogP contribution in [0.2, 0.25) is 5.02 Å². The second kappa shape index (κ2) is 10.8. The number of hydrogen-bond donors (Lipinski definition) is 4. The van der Waals surface area contributed by atoms with Crippen LogP contribution in [0.1, 0.15) is 28.4 Å². The molecule has 4 N–H and O–H groups in total. The number of alkyl halides is 2. The Bertz CT molecular complexity index is 848. The fourth-order valence-electron chi connectivity index (χ4n) is 3.59. The molecule has 1 aliphatic heterocycles. The van der Waals surface area contributed by atoms with Crippen LogP contribution in [0.3, 0.4) is 0 Å². The van der Waals surface area contributed by atoms with Crippen molar-refractivity contribution in [3.05, 3.63) is 69.7 Å². The second-order valence-corrected chi connectivity index (χ2v) is 7.88. The summed E-state index contributed by atoms with van der Waals surface area (Å²) in [6, 6.07) is 12.5. The predicted octanol–water partition coefficient (Wildman–Crippen LogP) is 2.23. The molecule has 6 nitrogen and oxygen atoms in total. The summed E-state index contributed by atoms with van der Waals surface area (Å²) in [5.41, 5.74) is 3.11. The molecule has 2 aromatic rings. The van der Waals surface area contributed by atoms with Gasteiger partial charge in [0.2, 0.25) is 0 Å². The first kappa shape index (κ1) is 24.0. The van der Waals surface area contributed by atoms with Crippen molar-refractivity contribution in [1.82, 2.24) is 0 Å². The van der Waals surface area contributed by atoms with Gasteiger partial charge in [0.25, 0.3) is 0 Å². The van der Waals surface area contributed by atoms with E-state index in [-0.39, 0.29) is 6.61 Å². The summed E-state index contributed by atoms with van der Waals surface area (Å²) >= 11 is 6.34. The van der Waals surface area contributed by atoms with E-state index in [0.29, 0.717) is 23.4 Å². The summed E-state index contributed by atoms with van der Waals surface area (Å²) < 4.78 is 34.0. The van der Waals surface area contributed by atoms with Gasteiger partial charge in [-0.1, -0.05) is 48.0 Å². The van der Waals surface area contributed by atoms with E-state index in [1.807, 2.05) is 24.3 Å². The Morgan fingerprint density at radius 3 is 2.29 bits per heavy atom. The molecule has 1 aliphatic rings. The fourth-order valence-corrected chi connectivity index (χ4v) is 3.78. The van der Waals surface area contributed by atoms with Crippen LogP contribution in [0.15, 0.2) is 42.5 Å². The molecule has 2 aromatic carbocycles. The Balaban J connectivity index is 1.72. The lowest BCUT2D eigenvalue weighted by Gasteiger charge is -2.40. The number of aliphatic hydroxyl groups excluding tert-OH is 4. The molecule has 0 aromatic heterocycles. The number of halogens is 3. The topological polar surface area (TPSA) is 99.4 Å². The smallest absolute Gasteiger partial charge is 0.345 e. The van der Waals surface area contributed by atoms with E-state index in [1.54, 1.807) is 18.2 Å². The van der Waals surface area contributed by atoms with Gasteiger partial charge in [0.1, 0.15) is 30.5 Å². The lowest BCUT2D eigenvalue weighted by molar-refractivity contribution is -0.231. The standard InChI is InChI=1S/C22H25ClF2O6/c23-16-6-5-14(21-20(29)19(28)18(27)17(11-26)31-21)10-15(16)9-13-3-1-12(2-4-13)7-8-30-22(24)25/h1-6,10,17-22,26-29H,7-9,11H2. The van der Waals surface area contributed by atoms with Crippen molar-refractivity contribution in [1.29, 1.82) is 0 Å². The highest BCUT2D eigenvalue weighted by atomic mass is 35.5. The molecule has 31 heavy (non-hydrogen) atoms. The average Bonchev–Trinajstić information content (AvgIpc) is 2.75. The summed E-state index contributed by atoms with van der Waals surface area (Å²) in [4.78, 5) is 0. The number of aliphatic hydroxyl groups is 4. The van der Waals surface area contributed by atoms with Gasteiger partial charge in [-0.05, 0) is 41.2 Å². The molecule has 0 bridgehead atoms. The van der Waals surface area contributed by atoms with Gasteiger partial charge in [-0.25, -0.2) is 0 Å². The van der Waals surface area contributed by atoms with E-state index < -0.39 is 43.7 Å². The molecule has 5 atom stereocenters. The molecule has 5 unspecified atom stereocenters. The highest BCUT2D eigenvalue weighted by molar-refractivity contribution is 6.31. The van der Waals surface area contributed by atoms with Crippen molar-refractivity contribution in [3.63, 3.8) is 0 Å². The molecule has 0 saturated carbocycles. The monoisotopic (exact) mass is 458 g/mol. The summed E-state index contributed by atoms with van der Waals surface area (Å²) in [6.07, 6.45) is -5.35. The molecule has 1 heterocycles. The van der Waals surface area contributed by atoms with E-state index in [4.69, 9.17) is 16.3 Å². The zero-order valence-electron chi connectivity index (χ0n) is 16.6. The van der Waals surface area contributed by atoms with Crippen LogP contribution < -0.4 is 0 Å². The van der Waals surface area contributed by atoms with Crippen molar-refractivity contribution < 1.29 is 38.7 Å². The molecule has 0 radical (unpaired) electrons. The van der Waals surface area contributed by atoms with Gasteiger partial charge < -0.3 is 29.9 Å². The van der Waals surface area contributed by atoms with Crippen LogP contribution in [0.5, 0.6) is 0 Å². The summed E-state index contributed by atoms with van der Waals surface area (Å²) in [7, 11) is 0. The number of hydrogen-bond acceptors (Lipinski definition) is 6. The highest BCUT2D eigenvalue weighted by Gasteiger charge is 2.44. The van der Waals surface area contributed by atoms with Gasteiger partial charge in [-0.15, -0.1) is 0 Å². The van der Waals surface area contributed by atoms with Crippen LogP contribution in [0, 0.1) is 0 Å². The lowest BCUT2D eigenvalue weighted by atomic mass is 9.90. The normalized spacial score (nSPS) is 26.4. The minimum absolute atomic E-state index is 0.0655. The predicted molar refractivity (Wildman–Crippen MR) is 109 cm³/mol. The third-order valence-corrected chi connectivity index (χ3v) is 5.71. The third-order valence-electron chi connectivity index (χ3n) is 5.34. The van der Waals surface area contributed by atoms with Gasteiger partial charge in [0, 0.05) is 5.02 Å². The molecular formula is C22H25ClF2O6. The average molecular weight is 459 g/mol. The van der Waals surface area contributed by atoms with Crippen molar-refractivity contribution in [2.45, 2.75) is 50.0 Å². The number of rotatable bonds is 8. The van der Waals surface area contributed by atoms with E-state index in [1.165, 1.54) is 0 Å². The molecule has 9 heteroatoms. The largest absolute Gasteiger partial charge is 0.394 e. The SMILES string of the molecule is OCC1OC(c2ccc(Cl)c(Cc3ccc(CCOC(F)F)cc3)c2)C(O)C(O)C1O. The van der Waals surface area contributed by atoms with Gasteiger partial charge >= 0.3 is 6.61 Å². The molecule has 0 aliphatic carbocycles. The van der Waals surface area contributed by atoms with Crippen LogP contribution in [-0.4, -0.2) is 64.7 Å². The maximum absolute atomic E-state index is 12.1. The maximum Gasteiger partial charge on any atom is 0.345 e. The molecule has 0 spiro atoms. The van der Waals surface area contributed by atoms with Gasteiger partial charge in [-0.2, -0.15) is 8.78 Å². The van der Waals surface area contributed by atoms with E-state index in [2.05, 4.69) is 4.74 Å². The van der Waals surface area contributed by atoms with E-state index >= 15 is 0 Å². The first-order chi connectivity index (χ1) is 14.8. The molecule has 1 saturated heterocycles. The zero-order chi connectivity index (χ0) is 22.5. The molecule has 1 fully saturated rings. The summed E-state index contributed by atoms with van der Waals surface area (Å²) in [6.45, 7) is -3.35. The third kappa shape index (κ3) is 5.98. The Hall–Kier alpha value is -1.65. The highest BCUT2D eigenvalue weighted by Crippen LogP contribution is 2.34. The summed E-state index contributed by atoms with van der Waals surface area (Å²) in [5.74, 6) is 0. The van der Waals surface area contributed by atoms with Crippen molar-refractivity contribution in [2.24, 2.45) is 0 Å². The fraction of sp³-hybridized carbons (Fsp3) is 0.455. The second-order valence-electron chi connectivity index (χ2n) is 7.48. The summed E-state index contributed by atoms with van der Waals surface area (Å²) in [5, 5.41) is 40.2. The number of ether oxygens (including phenoxy) is 2. The van der Waals surface area contributed by atoms with Crippen molar-refractivity contribution in [3.8, 4) is 0 Å². The lowest BCUT2D eigenvalue weighted by Crippen LogP contribution is -2.55. The van der Waals surface area contributed by atoms with E-state index in [0.717, 1.165) is 16.7 Å². The van der Waals surface area contributed by atoms with Crippen molar-refractivity contribution in [2.75, 3.05) is 13.2 Å². The Kier molecular flexibility index (Phi) is 8.35. The first-order valence-corrected chi connectivity index (χ1v) is 10.2. The minimum atomic E-state index is -2.78. The van der Waals surface area contributed by atoms with Crippen molar-refractivity contribution >= 4 is 11.6 Å². The Morgan fingerprint density at radius 2 is 1.65 bits per heavy atom.